The molecule has 0 fully saturated rings. The molecule has 0 aliphatic heterocycles. The van der Waals surface area contributed by atoms with Crippen LogP contribution in [0.1, 0.15) is 39.6 Å². The van der Waals surface area contributed by atoms with Gasteiger partial charge in [0.2, 0.25) is 5.91 Å². The molecule has 6 nitrogen and oxygen atoms in total. The minimum atomic E-state index is -0.575. The first-order chi connectivity index (χ1) is 13.4. The summed E-state index contributed by atoms with van der Waals surface area (Å²) < 4.78 is 1.68. The summed E-state index contributed by atoms with van der Waals surface area (Å²) in [5.74, 6) is -0.828. The summed E-state index contributed by atoms with van der Waals surface area (Å²) >= 11 is 6.06. The van der Waals surface area contributed by atoms with Crippen LogP contribution in [-0.2, 0) is 18.3 Å². The summed E-state index contributed by atoms with van der Waals surface area (Å²) in [5, 5.41) is 7.65. The fourth-order valence-corrected chi connectivity index (χ4v) is 3.26. The maximum atomic E-state index is 13.0. The fraction of sp³-hybridized carbons (Fsp3) is 0.190. The summed E-state index contributed by atoms with van der Waals surface area (Å²) in [4.78, 5) is 24.5. The SMILES string of the molecule is Cn1ncc(C(=O)N[C@H](CC(N)=O)c2cccc(Cl)c2)c1Cc1ccccc1. The number of halogens is 1. The molecule has 0 radical (unpaired) electrons. The number of rotatable bonds is 7. The van der Waals surface area contributed by atoms with Gasteiger partial charge in [-0.05, 0) is 23.3 Å². The topological polar surface area (TPSA) is 90.0 Å². The number of amides is 2. The van der Waals surface area contributed by atoms with Crippen LogP contribution in [0, 0.1) is 0 Å². The van der Waals surface area contributed by atoms with E-state index in [-0.39, 0.29) is 12.3 Å². The van der Waals surface area contributed by atoms with E-state index in [9.17, 15) is 9.59 Å². The monoisotopic (exact) mass is 396 g/mol. The van der Waals surface area contributed by atoms with Crippen LogP contribution in [0.5, 0.6) is 0 Å². The van der Waals surface area contributed by atoms with Crippen molar-refractivity contribution in [3.8, 4) is 0 Å². The molecule has 144 valence electrons. The van der Waals surface area contributed by atoms with Crippen molar-refractivity contribution in [3.63, 3.8) is 0 Å². The zero-order chi connectivity index (χ0) is 20.1. The molecule has 3 aromatic rings. The van der Waals surface area contributed by atoms with E-state index in [1.165, 1.54) is 6.20 Å². The number of carbonyl (C=O) groups excluding carboxylic acids is 2. The zero-order valence-corrected chi connectivity index (χ0v) is 16.2. The van der Waals surface area contributed by atoms with E-state index in [1.807, 2.05) is 30.3 Å². The molecule has 1 atom stereocenters. The van der Waals surface area contributed by atoms with Crippen molar-refractivity contribution in [2.24, 2.45) is 12.8 Å². The van der Waals surface area contributed by atoms with E-state index < -0.39 is 11.9 Å². The number of aromatic nitrogens is 2. The van der Waals surface area contributed by atoms with Gasteiger partial charge in [-0.3, -0.25) is 14.3 Å². The lowest BCUT2D eigenvalue weighted by atomic mass is 10.0. The van der Waals surface area contributed by atoms with Gasteiger partial charge in [0.25, 0.3) is 5.91 Å². The number of primary amides is 1. The van der Waals surface area contributed by atoms with Crippen molar-refractivity contribution in [3.05, 3.63) is 88.2 Å². The van der Waals surface area contributed by atoms with Crippen molar-refractivity contribution in [2.75, 3.05) is 0 Å². The van der Waals surface area contributed by atoms with Gasteiger partial charge in [-0.1, -0.05) is 54.1 Å². The van der Waals surface area contributed by atoms with Crippen molar-refractivity contribution >= 4 is 23.4 Å². The van der Waals surface area contributed by atoms with Crippen LogP contribution >= 0.6 is 11.6 Å². The molecule has 2 aromatic carbocycles. The Balaban J connectivity index is 1.85. The second-order valence-corrected chi connectivity index (χ2v) is 6.98. The number of hydrogen-bond acceptors (Lipinski definition) is 3. The highest BCUT2D eigenvalue weighted by Gasteiger charge is 2.22. The van der Waals surface area contributed by atoms with Gasteiger partial charge in [0, 0.05) is 18.5 Å². The molecular weight excluding hydrogens is 376 g/mol. The number of nitrogens with zero attached hydrogens (tertiary/aromatic N) is 2. The maximum absolute atomic E-state index is 13.0. The number of hydrogen-bond donors (Lipinski definition) is 2. The second-order valence-electron chi connectivity index (χ2n) is 6.54. The van der Waals surface area contributed by atoms with Gasteiger partial charge >= 0.3 is 0 Å². The number of carbonyl (C=O) groups is 2. The standard InChI is InChI=1S/C21H21ClN4O2/c1-26-19(10-14-6-3-2-4-7-14)17(13-24-26)21(28)25-18(12-20(23)27)15-8-5-9-16(22)11-15/h2-9,11,13,18H,10,12H2,1H3,(H2,23,27)(H,25,28)/t18-/m1/s1. The van der Waals surface area contributed by atoms with E-state index in [1.54, 1.807) is 36.0 Å². The Bertz CT molecular complexity index is 985. The average Bonchev–Trinajstić information content (AvgIpc) is 3.02. The van der Waals surface area contributed by atoms with E-state index in [0.717, 1.165) is 11.3 Å². The largest absolute Gasteiger partial charge is 0.370 e. The third-order valence-corrected chi connectivity index (χ3v) is 4.72. The van der Waals surface area contributed by atoms with Gasteiger partial charge in [0.05, 0.1) is 29.9 Å². The van der Waals surface area contributed by atoms with Gasteiger partial charge in [0.15, 0.2) is 0 Å². The molecular formula is C21H21ClN4O2. The van der Waals surface area contributed by atoms with E-state index in [2.05, 4.69) is 10.4 Å². The first kappa shape index (κ1) is 19.6. The Morgan fingerprint density at radius 1 is 1.18 bits per heavy atom. The minimum absolute atomic E-state index is 0.0274. The van der Waals surface area contributed by atoms with Crippen LogP contribution < -0.4 is 11.1 Å². The lowest BCUT2D eigenvalue weighted by molar-refractivity contribution is -0.118. The predicted octanol–water partition coefficient (Wildman–Crippen LogP) is 3.01. The Kier molecular flexibility index (Phi) is 6.11. The van der Waals surface area contributed by atoms with Crippen molar-refractivity contribution in [1.29, 1.82) is 0 Å². The Morgan fingerprint density at radius 3 is 2.61 bits per heavy atom. The lowest BCUT2D eigenvalue weighted by Gasteiger charge is -2.18. The highest BCUT2D eigenvalue weighted by atomic mass is 35.5. The van der Waals surface area contributed by atoms with Crippen LogP contribution in [0.25, 0.3) is 0 Å². The average molecular weight is 397 g/mol. The third-order valence-electron chi connectivity index (χ3n) is 4.48. The van der Waals surface area contributed by atoms with Gasteiger partial charge in [-0.15, -0.1) is 0 Å². The molecule has 1 heterocycles. The highest BCUT2D eigenvalue weighted by Crippen LogP contribution is 2.22. The molecule has 0 saturated carbocycles. The molecule has 0 saturated heterocycles. The molecule has 0 aliphatic rings. The summed E-state index contributed by atoms with van der Waals surface area (Å²) in [6, 6.07) is 16.3. The number of nitrogens with two attached hydrogens (primary N) is 1. The maximum Gasteiger partial charge on any atom is 0.255 e. The van der Waals surface area contributed by atoms with Crippen LogP contribution in [0.15, 0.2) is 60.8 Å². The normalized spacial score (nSPS) is 11.8. The molecule has 3 N–H and O–H groups in total. The Morgan fingerprint density at radius 2 is 1.93 bits per heavy atom. The number of benzene rings is 2. The summed E-state index contributed by atoms with van der Waals surface area (Å²) in [6.07, 6.45) is 2.07. The molecule has 7 heteroatoms. The molecule has 0 bridgehead atoms. The lowest BCUT2D eigenvalue weighted by Crippen LogP contribution is -2.32. The molecule has 0 spiro atoms. The van der Waals surface area contributed by atoms with Crippen molar-refractivity contribution in [2.45, 2.75) is 18.9 Å². The van der Waals surface area contributed by atoms with E-state index >= 15 is 0 Å². The highest BCUT2D eigenvalue weighted by molar-refractivity contribution is 6.30. The van der Waals surface area contributed by atoms with Crippen LogP contribution in [-0.4, -0.2) is 21.6 Å². The quantitative estimate of drug-likeness (QED) is 0.643. The Labute approximate surface area is 168 Å². The van der Waals surface area contributed by atoms with Crippen LogP contribution in [0.4, 0.5) is 0 Å². The van der Waals surface area contributed by atoms with E-state index in [0.29, 0.717) is 22.6 Å². The first-order valence-corrected chi connectivity index (χ1v) is 9.21. The summed E-state index contributed by atoms with van der Waals surface area (Å²) in [6.45, 7) is 0. The summed E-state index contributed by atoms with van der Waals surface area (Å²) in [5.41, 5.74) is 8.41. The molecule has 28 heavy (non-hydrogen) atoms. The molecule has 1 aromatic heterocycles. The van der Waals surface area contributed by atoms with Gasteiger partial charge in [-0.25, -0.2) is 0 Å². The number of aryl methyl sites for hydroxylation is 1. The second kappa shape index (κ2) is 8.71. The van der Waals surface area contributed by atoms with Gasteiger partial charge in [-0.2, -0.15) is 5.10 Å². The molecule has 3 rings (SSSR count). The minimum Gasteiger partial charge on any atom is -0.370 e. The predicted molar refractivity (Wildman–Crippen MR) is 108 cm³/mol. The van der Waals surface area contributed by atoms with Crippen LogP contribution in [0.2, 0.25) is 5.02 Å². The molecule has 2 amide bonds. The van der Waals surface area contributed by atoms with Crippen molar-refractivity contribution < 1.29 is 9.59 Å². The van der Waals surface area contributed by atoms with E-state index in [4.69, 9.17) is 17.3 Å². The van der Waals surface area contributed by atoms with Gasteiger partial charge in [0.1, 0.15) is 0 Å². The van der Waals surface area contributed by atoms with Gasteiger partial charge < -0.3 is 11.1 Å². The fourth-order valence-electron chi connectivity index (χ4n) is 3.06. The smallest absolute Gasteiger partial charge is 0.255 e. The molecule has 0 aliphatic carbocycles. The third kappa shape index (κ3) is 4.78. The first-order valence-electron chi connectivity index (χ1n) is 8.83. The Hall–Kier alpha value is -3.12. The zero-order valence-electron chi connectivity index (χ0n) is 15.4. The number of nitrogens with one attached hydrogen (secondary N) is 1. The summed E-state index contributed by atoms with van der Waals surface area (Å²) in [7, 11) is 1.80. The van der Waals surface area contributed by atoms with Crippen molar-refractivity contribution in [1.82, 2.24) is 15.1 Å². The molecule has 0 unspecified atom stereocenters. The van der Waals surface area contributed by atoms with Crippen LogP contribution in [0.3, 0.4) is 0 Å².